The van der Waals surface area contributed by atoms with Gasteiger partial charge in [0.05, 0.1) is 27.9 Å². The molecule has 0 unspecified atom stereocenters. The predicted octanol–water partition coefficient (Wildman–Crippen LogP) is 3.39. The maximum absolute atomic E-state index is 11.6. The summed E-state index contributed by atoms with van der Waals surface area (Å²) in [6.45, 7) is 4.27. The largest absolute Gasteiger partial charge is 0.462 e. The van der Waals surface area contributed by atoms with Gasteiger partial charge in [-0.3, -0.25) is 0 Å². The van der Waals surface area contributed by atoms with E-state index in [0.717, 1.165) is 0 Å². The Labute approximate surface area is 104 Å². The van der Waals surface area contributed by atoms with Gasteiger partial charge in [0.25, 0.3) is 0 Å². The molecule has 1 aromatic rings. The number of nitrogen functional groups attached to an aromatic ring is 1. The zero-order valence-corrected chi connectivity index (χ0v) is 10.6. The van der Waals surface area contributed by atoms with Gasteiger partial charge in [0, 0.05) is 0 Å². The van der Waals surface area contributed by atoms with E-state index >= 15 is 0 Å². The van der Waals surface area contributed by atoms with Crippen LogP contribution in [0, 0.1) is 5.92 Å². The second kappa shape index (κ2) is 5.41. The molecule has 0 radical (unpaired) electrons. The zero-order chi connectivity index (χ0) is 12.3. The fourth-order valence-electron chi connectivity index (χ4n) is 1.05. The number of anilines is 1. The van der Waals surface area contributed by atoms with Gasteiger partial charge >= 0.3 is 5.97 Å². The number of halogens is 2. The number of hydrogen-bond donors (Lipinski definition) is 1. The minimum atomic E-state index is -0.445. The van der Waals surface area contributed by atoms with Crippen molar-refractivity contribution in [3.63, 3.8) is 0 Å². The third-order valence-corrected chi connectivity index (χ3v) is 2.66. The summed E-state index contributed by atoms with van der Waals surface area (Å²) >= 11 is 11.6. The molecule has 5 heteroatoms. The minimum Gasteiger partial charge on any atom is -0.462 e. The Hall–Kier alpha value is -0.930. The first kappa shape index (κ1) is 13.1. The Balaban J connectivity index is 2.84. The molecule has 0 aromatic heterocycles. The molecule has 0 heterocycles. The van der Waals surface area contributed by atoms with Crippen molar-refractivity contribution in [3.8, 4) is 0 Å². The van der Waals surface area contributed by atoms with Crippen LogP contribution in [0.1, 0.15) is 24.2 Å². The molecular weight excluding hydrogens is 249 g/mol. The highest BCUT2D eigenvalue weighted by atomic mass is 35.5. The van der Waals surface area contributed by atoms with Gasteiger partial charge in [0.2, 0.25) is 0 Å². The van der Waals surface area contributed by atoms with Crippen LogP contribution in [0.3, 0.4) is 0 Å². The van der Waals surface area contributed by atoms with E-state index in [-0.39, 0.29) is 21.7 Å². The smallest absolute Gasteiger partial charge is 0.338 e. The number of carbonyl (C=O) groups excluding carboxylic acids is 1. The van der Waals surface area contributed by atoms with E-state index in [4.69, 9.17) is 33.7 Å². The third kappa shape index (κ3) is 3.29. The lowest BCUT2D eigenvalue weighted by Crippen LogP contribution is -2.10. The molecule has 0 aliphatic heterocycles. The molecule has 0 spiro atoms. The molecule has 0 saturated carbocycles. The van der Waals surface area contributed by atoms with E-state index < -0.39 is 5.97 Å². The number of hydrogen-bond acceptors (Lipinski definition) is 3. The maximum atomic E-state index is 11.6. The average molecular weight is 262 g/mol. The van der Waals surface area contributed by atoms with Crippen molar-refractivity contribution < 1.29 is 9.53 Å². The molecule has 0 saturated heterocycles. The second-order valence-corrected chi connectivity index (χ2v) is 4.64. The number of nitrogens with two attached hydrogens (primary N) is 1. The van der Waals surface area contributed by atoms with Crippen LogP contribution in [0.5, 0.6) is 0 Å². The lowest BCUT2D eigenvalue weighted by molar-refractivity contribution is 0.0459. The monoisotopic (exact) mass is 261 g/mol. The van der Waals surface area contributed by atoms with Gasteiger partial charge in [0.15, 0.2) is 0 Å². The Kier molecular flexibility index (Phi) is 4.44. The van der Waals surface area contributed by atoms with Gasteiger partial charge in [-0.05, 0) is 18.1 Å². The van der Waals surface area contributed by atoms with Crippen LogP contribution in [0.4, 0.5) is 5.69 Å². The van der Waals surface area contributed by atoms with Crippen molar-refractivity contribution in [3.05, 3.63) is 27.7 Å². The van der Waals surface area contributed by atoms with Crippen LogP contribution in [-0.4, -0.2) is 12.6 Å². The first-order chi connectivity index (χ1) is 7.41. The second-order valence-electron chi connectivity index (χ2n) is 3.85. The molecule has 1 rings (SSSR count). The van der Waals surface area contributed by atoms with Crippen LogP contribution >= 0.6 is 23.2 Å². The van der Waals surface area contributed by atoms with Gasteiger partial charge in [-0.25, -0.2) is 4.79 Å². The van der Waals surface area contributed by atoms with Gasteiger partial charge in [-0.1, -0.05) is 37.0 Å². The highest BCUT2D eigenvalue weighted by Crippen LogP contribution is 2.29. The van der Waals surface area contributed by atoms with Crippen molar-refractivity contribution >= 4 is 34.9 Å². The Morgan fingerprint density at radius 2 is 2.06 bits per heavy atom. The lowest BCUT2D eigenvalue weighted by atomic mass is 10.2. The standard InChI is InChI=1S/C11H13Cl2NO2/c1-6(2)5-16-11(15)7-3-8(12)10(13)9(14)4-7/h3-4,6H,5,14H2,1-2H3. The summed E-state index contributed by atoms with van der Waals surface area (Å²) in [7, 11) is 0. The number of rotatable bonds is 3. The van der Waals surface area contributed by atoms with Crippen molar-refractivity contribution in [2.24, 2.45) is 5.92 Å². The Morgan fingerprint density at radius 1 is 1.44 bits per heavy atom. The van der Waals surface area contributed by atoms with Gasteiger partial charge in [-0.2, -0.15) is 0 Å². The molecule has 0 atom stereocenters. The third-order valence-electron chi connectivity index (χ3n) is 1.84. The molecule has 1 aromatic carbocycles. The average Bonchev–Trinajstić information content (AvgIpc) is 2.21. The summed E-state index contributed by atoms with van der Waals surface area (Å²) in [6.07, 6.45) is 0. The van der Waals surface area contributed by atoms with Gasteiger partial charge in [0.1, 0.15) is 0 Å². The molecule has 0 aliphatic carbocycles. The van der Waals surface area contributed by atoms with E-state index in [1.165, 1.54) is 12.1 Å². The van der Waals surface area contributed by atoms with Crippen LogP contribution in [0.25, 0.3) is 0 Å². The number of ether oxygens (including phenoxy) is 1. The molecule has 0 amide bonds. The zero-order valence-electron chi connectivity index (χ0n) is 9.09. The van der Waals surface area contributed by atoms with Crippen molar-refractivity contribution in [2.45, 2.75) is 13.8 Å². The molecular formula is C11H13Cl2NO2. The quantitative estimate of drug-likeness (QED) is 0.671. The number of esters is 1. The highest BCUT2D eigenvalue weighted by molar-refractivity contribution is 6.43. The van der Waals surface area contributed by atoms with Crippen molar-refractivity contribution in [1.29, 1.82) is 0 Å². The lowest BCUT2D eigenvalue weighted by Gasteiger charge is -2.08. The molecule has 0 fully saturated rings. The maximum Gasteiger partial charge on any atom is 0.338 e. The first-order valence-corrected chi connectivity index (χ1v) is 5.59. The minimum absolute atomic E-state index is 0.248. The molecule has 0 aliphatic rings. The Morgan fingerprint density at radius 3 is 2.56 bits per heavy atom. The van der Waals surface area contributed by atoms with E-state index in [1.54, 1.807) is 0 Å². The summed E-state index contributed by atoms with van der Waals surface area (Å²) < 4.78 is 5.04. The summed E-state index contributed by atoms with van der Waals surface area (Å²) in [4.78, 5) is 11.6. The number of carbonyl (C=O) groups is 1. The summed E-state index contributed by atoms with van der Waals surface area (Å²) in [5, 5.41) is 0.500. The summed E-state index contributed by atoms with van der Waals surface area (Å²) in [6, 6.07) is 2.90. The molecule has 0 bridgehead atoms. The van der Waals surface area contributed by atoms with Crippen LogP contribution < -0.4 is 5.73 Å². The predicted molar refractivity (Wildman–Crippen MR) is 66.0 cm³/mol. The normalized spacial score (nSPS) is 10.6. The Bertz CT molecular complexity index is 382. The van der Waals surface area contributed by atoms with E-state index in [9.17, 15) is 4.79 Å². The first-order valence-electron chi connectivity index (χ1n) is 4.83. The molecule has 16 heavy (non-hydrogen) atoms. The fraction of sp³-hybridized carbons (Fsp3) is 0.364. The SMILES string of the molecule is CC(C)COC(=O)c1cc(N)c(Cl)c(Cl)c1. The van der Waals surface area contributed by atoms with E-state index in [1.807, 2.05) is 13.8 Å². The van der Waals surface area contributed by atoms with Crippen molar-refractivity contribution in [1.82, 2.24) is 0 Å². The van der Waals surface area contributed by atoms with Crippen LogP contribution in [-0.2, 0) is 4.74 Å². The van der Waals surface area contributed by atoms with Crippen molar-refractivity contribution in [2.75, 3.05) is 12.3 Å². The fourth-order valence-corrected chi connectivity index (χ4v) is 1.39. The van der Waals surface area contributed by atoms with Crippen LogP contribution in [0.2, 0.25) is 10.0 Å². The van der Waals surface area contributed by atoms with E-state index in [2.05, 4.69) is 0 Å². The van der Waals surface area contributed by atoms with Gasteiger partial charge < -0.3 is 10.5 Å². The molecule has 88 valence electrons. The summed E-state index contributed by atoms with van der Waals surface area (Å²) in [5.74, 6) is -0.164. The highest BCUT2D eigenvalue weighted by Gasteiger charge is 2.12. The topological polar surface area (TPSA) is 52.3 Å². The molecule has 2 N–H and O–H groups in total. The van der Waals surface area contributed by atoms with Gasteiger partial charge in [-0.15, -0.1) is 0 Å². The number of benzene rings is 1. The van der Waals surface area contributed by atoms with E-state index in [0.29, 0.717) is 12.2 Å². The van der Waals surface area contributed by atoms with Crippen LogP contribution in [0.15, 0.2) is 12.1 Å². The summed E-state index contributed by atoms with van der Waals surface area (Å²) in [5.41, 5.74) is 6.17. The molecule has 3 nitrogen and oxygen atoms in total.